The maximum atomic E-state index is 12.4. The molecule has 8 heteroatoms. The van der Waals surface area contributed by atoms with Gasteiger partial charge in [-0.05, 0) is 35.9 Å². The molecule has 0 unspecified atom stereocenters. The third-order valence-corrected chi connectivity index (χ3v) is 4.88. The Morgan fingerprint density at radius 2 is 2.07 bits per heavy atom. The maximum absolute atomic E-state index is 12.4. The summed E-state index contributed by atoms with van der Waals surface area (Å²) < 4.78 is 12.9. The number of amides is 1. The summed E-state index contributed by atoms with van der Waals surface area (Å²) in [5, 5.41) is 7.05. The van der Waals surface area contributed by atoms with Crippen LogP contribution in [0.25, 0.3) is 5.82 Å². The normalized spacial score (nSPS) is 14.4. The first kappa shape index (κ1) is 20.1. The van der Waals surface area contributed by atoms with E-state index in [1.165, 1.54) is 0 Å². The Labute approximate surface area is 175 Å². The highest BCUT2D eigenvalue weighted by Gasteiger charge is 2.10. The molecule has 2 aromatic heterocycles. The fourth-order valence-corrected chi connectivity index (χ4v) is 3.21. The van der Waals surface area contributed by atoms with E-state index in [1.807, 2.05) is 30.3 Å². The van der Waals surface area contributed by atoms with Crippen LogP contribution in [0.5, 0.6) is 5.75 Å². The zero-order valence-electron chi connectivity index (χ0n) is 16.7. The van der Waals surface area contributed by atoms with Gasteiger partial charge in [-0.15, -0.1) is 0 Å². The summed E-state index contributed by atoms with van der Waals surface area (Å²) in [6.07, 6.45) is 5.04. The molecular formula is C22H25N5O3. The number of nitrogens with zero attached hydrogens (tertiary/aromatic N) is 4. The number of carbonyl (C=O) groups is 1. The van der Waals surface area contributed by atoms with Crippen molar-refractivity contribution in [2.75, 3.05) is 39.5 Å². The SMILES string of the molecule is O=C(NCc1cccc(OCCN2CCOCC2)c1)c1ccc(-n2cccn2)nc1. The van der Waals surface area contributed by atoms with Crippen molar-refractivity contribution >= 4 is 5.91 Å². The monoisotopic (exact) mass is 407 g/mol. The van der Waals surface area contributed by atoms with Crippen LogP contribution in [0.2, 0.25) is 0 Å². The topological polar surface area (TPSA) is 81.5 Å². The van der Waals surface area contributed by atoms with E-state index in [2.05, 4.69) is 20.3 Å². The van der Waals surface area contributed by atoms with E-state index in [1.54, 1.807) is 35.4 Å². The molecule has 4 rings (SSSR count). The number of pyridine rings is 1. The molecule has 1 aliphatic heterocycles. The van der Waals surface area contributed by atoms with Crippen molar-refractivity contribution in [2.24, 2.45) is 0 Å². The third kappa shape index (κ3) is 5.43. The second-order valence-electron chi connectivity index (χ2n) is 6.99. The van der Waals surface area contributed by atoms with Gasteiger partial charge in [0.1, 0.15) is 12.4 Å². The molecule has 1 saturated heterocycles. The summed E-state index contributed by atoms with van der Waals surface area (Å²) in [5.74, 6) is 1.30. The van der Waals surface area contributed by atoms with Gasteiger partial charge in [0.05, 0.1) is 18.8 Å². The van der Waals surface area contributed by atoms with Crippen LogP contribution in [0, 0.1) is 0 Å². The second kappa shape index (κ2) is 10.00. The average molecular weight is 407 g/mol. The van der Waals surface area contributed by atoms with Gasteiger partial charge in [0, 0.05) is 44.8 Å². The summed E-state index contributed by atoms with van der Waals surface area (Å²) >= 11 is 0. The summed E-state index contributed by atoms with van der Waals surface area (Å²) in [5.41, 5.74) is 1.48. The number of benzene rings is 1. The van der Waals surface area contributed by atoms with E-state index >= 15 is 0 Å². The van der Waals surface area contributed by atoms with Crippen LogP contribution in [0.1, 0.15) is 15.9 Å². The van der Waals surface area contributed by atoms with Crippen molar-refractivity contribution in [1.29, 1.82) is 0 Å². The lowest BCUT2D eigenvalue weighted by Gasteiger charge is -2.26. The first-order valence-electron chi connectivity index (χ1n) is 10.0. The number of hydrogen-bond donors (Lipinski definition) is 1. The van der Waals surface area contributed by atoms with Crippen LogP contribution in [0.15, 0.2) is 61.1 Å². The lowest BCUT2D eigenvalue weighted by atomic mass is 10.2. The van der Waals surface area contributed by atoms with Gasteiger partial charge in [0.15, 0.2) is 5.82 Å². The molecule has 1 fully saturated rings. The number of hydrogen-bond acceptors (Lipinski definition) is 6. The number of rotatable bonds is 8. The van der Waals surface area contributed by atoms with Crippen LogP contribution in [0.4, 0.5) is 0 Å². The molecule has 3 heterocycles. The smallest absolute Gasteiger partial charge is 0.253 e. The molecular weight excluding hydrogens is 382 g/mol. The van der Waals surface area contributed by atoms with Gasteiger partial charge in [-0.1, -0.05) is 12.1 Å². The van der Waals surface area contributed by atoms with Gasteiger partial charge in [0.25, 0.3) is 5.91 Å². The summed E-state index contributed by atoms with van der Waals surface area (Å²) in [6, 6.07) is 13.1. The highest BCUT2D eigenvalue weighted by molar-refractivity contribution is 5.93. The Bertz CT molecular complexity index is 938. The van der Waals surface area contributed by atoms with E-state index in [9.17, 15) is 4.79 Å². The van der Waals surface area contributed by atoms with Gasteiger partial charge in [-0.25, -0.2) is 9.67 Å². The predicted molar refractivity (Wildman–Crippen MR) is 112 cm³/mol. The first-order valence-corrected chi connectivity index (χ1v) is 10.0. The van der Waals surface area contributed by atoms with Crippen molar-refractivity contribution < 1.29 is 14.3 Å². The number of aromatic nitrogens is 3. The Balaban J connectivity index is 1.26. The van der Waals surface area contributed by atoms with Crippen molar-refractivity contribution in [2.45, 2.75) is 6.54 Å². The molecule has 1 N–H and O–H groups in total. The van der Waals surface area contributed by atoms with E-state index in [4.69, 9.17) is 9.47 Å². The Kier molecular flexibility index (Phi) is 6.68. The second-order valence-corrected chi connectivity index (χ2v) is 6.99. The highest BCUT2D eigenvalue weighted by atomic mass is 16.5. The van der Waals surface area contributed by atoms with E-state index in [0.29, 0.717) is 24.5 Å². The van der Waals surface area contributed by atoms with Gasteiger partial charge < -0.3 is 14.8 Å². The van der Waals surface area contributed by atoms with Crippen LogP contribution >= 0.6 is 0 Å². The molecule has 3 aromatic rings. The fraction of sp³-hybridized carbons (Fsp3) is 0.318. The third-order valence-electron chi connectivity index (χ3n) is 4.88. The van der Waals surface area contributed by atoms with Crippen molar-refractivity contribution in [3.05, 3.63) is 72.2 Å². The minimum Gasteiger partial charge on any atom is -0.492 e. The molecule has 1 aromatic carbocycles. The molecule has 30 heavy (non-hydrogen) atoms. The predicted octanol–water partition coefficient (Wildman–Crippen LogP) is 1.91. The maximum Gasteiger partial charge on any atom is 0.253 e. The molecule has 1 aliphatic rings. The molecule has 1 amide bonds. The van der Waals surface area contributed by atoms with E-state index in [-0.39, 0.29) is 5.91 Å². The standard InChI is InChI=1S/C22H25N5O3/c28-22(19-5-6-21(23-17-19)27-8-2-7-25-27)24-16-18-3-1-4-20(15-18)30-14-11-26-9-12-29-13-10-26/h1-8,15,17H,9-14,16H2,(H,24,28). The minimum atomic E-state index is -0.173. The summed E-state index contributed by atoms with van der Waals surface area (Å²) in [7, 11) is 0. The quantitative estimate of drug-likeness (QED) is 0.614. The Hall–Kier alpha value is -3.23. The molecule has 8 nitrogen and oxygen atoms in total. The molecule has 0 radical (unpaired) electrons. The first-order chi connectivity index (χ1) is 14.8. The fourth-order valence-electron chi connectivity index (χ4n) is 3.21. The van der Waals surface area contributed by atoms with Gasteiger partial charge in [-0.2, -0.15) is 5.10 Å². The lowest BCUT2D eigenvalue weighted by Crippen LogP contribution is -2.38. The molecule has 0 aliphatic carbocycles. The molecule has 0 saturated carbocycles. The summed E-state index contributed by atoms with van der Waals surface area (Å²) in [6.45, 7) is 5.41. The molecule has 156 valence electrons. The zero-order chi connectivity index (χ0) is 20.6. The van der Waals surface area contributed by atoms with Crippen LogP contribution in [-0.2, 0) is 11.3 Å². The molecule has 0 bridgehead atoms. The average Bonchev–Trinajstić information content (AvgIpc) is 3.34. The number of carbonyl (C=O) groups excluding carboxylic acids is 1. The number of ether oxygens (including phenoxy) is 2. The largest absolute Gasteiger partial charge is 0.492 e. The van der Waals surface area contributed by atoms with Gasteiger partial charge in [-0.3, -0.25) is 9.69 Å². The number of morpholine rings is 1. The van der Waals surface area contributed by atoms with Gasteiger partial charge in [0.2, 0.25) is 0 Å². The van der Waals surface area contributed by atoms with Crippen molar-refractivity contribution in [3.8, 4) is 11.6 Å². The minimum absolute atomic E-state index is 0.173. The lowest BCUT2D eigenvalue weighted by molar-refractivity contribution is 0.0322. The van der Waals surface area contributed by atoms with E-state index < -0.39 is 0 Å². The summed E-state index contributed by atoms with van der Waals surface area (Å²) in [4.78, 5) is 19.1. The van der Waals surface area contributed by atoms with Crippen molar-refractivity contribution in [3.63, 3.8) is 0 Å². The molecule has 0 atom stereocenters. The Morgan fingerprint density at radius 3 is 2.83 bits per heavy atom. The Morgan fingerprint density at radius 1 is 1.17 bits per heavy atom. The van der Waals surface area contributed by atoms with E-state index in [0.717, 1.165) is 44.2 Å². The van der Waals surface area contributed by atoms with Crippen LogP contribution < -0.4 is 10.1 Å². The van der Waals surface area contributed by atoms with Gasteiger partial charge >= 0.3 is 0 Å². The highest BCUT2D eigenvalue weighted by Crippen LogP contribution is 2.14. The molecule has 0 spiro atoms. The number of nitrogens with one attached hydrogen (secondary N) is 1. The zero-order valence-corrected chi connectivity index (χ0v) is 16.7. The van der Waals surface area contributed by atoms with Crippen molar-refractivity contribution in [1.82, 2.24) is 25.0 Å². The van der Waals surface area contributed by atoms with Crippen LogP contribution in [-0.4, -0.2) is 65.0 Å². The van der Waals surface area contributed by atoms with Crippen LogP contribution in [0.3, 0.4) is 0 Å².